The minimum atomic E-state index is -0.337. The Balaban J connectivity index is 2.70. The molecule has 1 heterocycles. The molecule has 7 heteroatoms. The second-order valence-electron chi connectivity index (χ2n) is 3.84. The Morgan fingerprint density at radius 3 is 2.56 bits per heavy atom. The van der Waals surface area contributed by atoms with Crippen molar-refractivity contribution in [1.29, 1.82) is 0 Å². The number of nitrogens with zero attached hydrogens (tertiary/aromatic N) is 1. The molecular formula is C11H13Br2NO3S. The molecule has 18 heavy (non-hydrogen) atoms. The number of halogens is 2. The summed E-state index contributed by atoms with van der Waals surface area (Å²) in [6.07, 6.45) is 0. The zero-order valence-electron chi connectivity index (χ0n) is 10.2. The van der Waals surface area contributed by atoms with E-state index < -0.39 is 0 Å². The lowest BCUT2D eigenvalue weighted by Gasteiger charge is -2.19. The van der Waals surface area contributed by atoms with Crippen molar-refractivity contribution in [3.63, 3.8) is 0 Å². The van der Waals surface area contributed by atoms with Gasteiger partial charge in [-0.05, 0) is 37.9 Å². The zero-order chi connectivity index (χ0) is 13.9. The Hall–Kier alpha value is -0.400. The summed E-state index contributed by atoms with van der Waals surface area (Å²) in [5.41, 5.74) is 0. The van der Waals surface area contributed by atoms with Crippen LogP contribution in [0.4, 0.5) is 0 Å². The van der Waals surface area contributed by atoms with Crippen LogP contribution < -0.4 is 0 Å². The predicted molar refractivity (Wildman–Crippen MR) is 77.9 cm³/mol. The van der Waals surface area contributed by atoms with Crippen molar-refractivity contribution >= 4 is 55.1 Å². The predicted octanol–water partition coefficient (Wildman–Crippen LogP) is 3.15. The van der Waals surface area contributed by atoms with Crippen molar-refractivity contribution in [3.8, 4) is 0 Å². The number of rotatable bonds is 4. The molecule has 0 aliphatic rings. The van der Waals surface area contributed by atoms with Crippen LogP contribution in [-0.2, 0) is 9.53 Å². The molecule has 0 aliphatic carbocycles. The van der Waals surface area contributed by atoms with E-state index in [0.29, 0.717) is 11.4 Å². The molecule has 0 radical (unpaired) electrons. The first-order valence-electron chi connectivity index (χ1n) is 5.15. The smallest absolute Gasteiger partial charge is 0.310 e. The van der Waals surface area contributed by atoms with Gasteiger partial charge in [0.15, 0.2) is 0 Å². The SMILES string of the molecule is COC(=O)C(C)CN(C)C(=O)c1cc(Br)c(Br)s1. The Kier molecular flexibility index (Phi) is 5.81. The molecule has 1 rings (SSSR count). The number of esters is 1. The molecule has 4 nitrogen and oxygen atoms in total. The lowest BCUT2D eigenvalue weighted by Crippen LogP contribution is -2.33. The Bertz CT molecular complexity index is 442. The van der Waals surface area contributed by atoms with Gasteiger partial charge in [-0.2, -0.15) is 0 Å². The second kappa shape index (κ2) is 6.68. The molecule has 1 unspecified atom stereocenters. The third kappa shape index (κ3) is 3.80. The first-order valence-corrected chi connectivity index (χ1v) is 7.55. The van der Waals surface area contributed by atoms with Crippen LogP contribution in [0.2, 0.25) is 0 Å². The fourth-order valence-electron chi connectivity index (χ4n) is 1.41. The van der Waals surface area contributed by atoms with Crippen LogP contribution in [0.5, 0.6) is 0 Å². The molecule has 0 bridgehead atoms. The number of hydrogen-bond acceptors (Lipinski definition) is 4. The molecule has 1 atom stereocenters. The summed E-state index contributed by atoms with van der Waals surface area (Å²) in [5, 5.41) is 0. The largest absolute Gasteiger partial charge is 0.469 e. The molecule has 0 fully saturated rings. The Morgan fingerprint density at radius 1 is 1.50 bits per heavy atom. The maximum absolute atomic E-state index is 12.1. The van der Waals surface area contributed by atoms with E-state index in [9.17, 15) is 9.59 Å². The highest BCUT2D eigenvalue weighted by molar-refractivity contribution is 9.13. The quantitative estimate of drug-likeness (QED) is 0.732. The highest BCUT2D eigenvalue weighted by Crippen LogP contribution is 2.32. The molecule has 1 aromatic rings. The number of ether oxygens (including phenoxy) is 1. The van der Waals surface area contributed by atoms with E-state index >= 15 is 0 Å². The average molecular weight is 399 g/mol. The van der Waals surface area contributed by atoms with Crippen molar-refractivity contribution in [2.24, 2.45) is 5.92 Å². The number of carbonyl (C=O) groups is 2. The van der Waals surface area contributed by atoms with E-state index in [1.165, 1.54) is 23.3 Å². The molecule has 0 N–H and O–H groups in total. The van der Waals surface area contributed by atoms with Crippen LogP contribution in [-0.4, -0.2) is 37.5 Å². The number of carbonyl (C=O) groups excluding carboxylic acids is 2. The van der Waals surface area contributed by atoms with Gasteiger partial charge in [-0.25, -0.2) is 0 Å². The maximum Gasteiger partial charge on any atom is 0.310 e. The molecule has 0 saturated carbocycles. The van der Waals surface area contributed by atoms with Crippen molar-refractivity contribution in [2.75, 3.05) is 20.7 Å². The van der Waals surface area contributed by atoms with Crippen LogP contribution in [0.3, 0.4) is 0 Å². The van der Waals surface area contributed by atoms with Crippen LogP contribution in [0, 0.1) is 5.92 Å². The van der Waals surface area contributed by atoms with E-state index in [0.717, 1.165) is 8.26 Å². The topological polar surface area (TPSA) is 46.6 Å². The molecule has 0 spiro atoms. The standard InChI is InChI=1S/C11H13Br2NO3S/c1-6(11(16)17-3)5-14(2)10(15)8-4-7(12)9(13)18-8/h4,6H,5H2,1-3H3. The summed E-state index contributed by atoms with van der Waals surface area (Å²) in [6.45, 7) is 2.06. The van der Waals surface area contributed by atoms with E-state index in [4.69, 9.17) is 0 Å². The Labute approximate surface area is 127 Å². The van der Waals surface area contributed by atoms with Gasteiger partial charge >= 0.3 is 5.97 Å². The van der Waals surface area contributed by atoms with E-state index in [1.54, 1.807) is 20.0 Å². The summed E-state index contributed by atoms with van der Waals surface area (Å²) in [4.78, 5) is 25.5. The second-order valence-corrected chi connectivity index (χ2v) is 7.07. The summed E-state index contributed by atoms with van der Waals surface area (Å²) in [7, 11) is 3.01. The molecule has 0 aliphatic heterocycles. The fourth-order valence-corrected chi connectivity index (χ4v) is 3.44. The van der Waals surface area contributed by atoms with Gasteiger partial charge in [-0.3, -0.25) is 9.59 Å². The first-order chi connectivity index (χ1) is 8.36. The zero-order valence-corrected chi connectivity index (χ0v) is 14.2. The number of thiophene rings is 1. The third-order valence-electron chi connectivity index (χ3n) is 2.35. The highest BCUT2D eigenvalue weighted by Gasteiger charge is 2.21. The van der Waals surface area contributed by atoms with Gasteiger partial charge in [0.1, 0.15) is 0 Å². The number of methoxy groups -OCH3 is 1. The maximum atomic E-state index is 12.1. The van der Waals surface area contributed by atoms with Crippen molar-refractivity contribution in [3.05, 3.63) is 19.2 Å². The summed E-state index contributed by atoms with van der Waals surface area (Å²) in [5.74, 6) is -0.763. The lowest BCUT2D eigenvalue weighted by molar-refractivity contribution is -0.145. The lowest BCUT2D eigenvalue weighted by atomic mass is 10.2. The van der Waals surface area contributed by atoms with Gasteiger partial charge in [0.2, 0.25) is 0 Å². The van der Waals surface area contributed by atoms with E-state index in [1.807, 2.05) is 0 Å². The summed E-state index contributed by atoms with van der Waals surface area (Å²) >= 11 is 8.04. The van der Waals surface area contributed by atoms with Crippen LogP contribution in [0.25, 0.3) is 0 Å². The van der Waals surface area contributed by atoms with Gasteiger partial charge in [-0.1, -0.05) is 6.92 Å². The molecule has 1 amide bonds. The van der Waals surface area contributed by atoms with Crippen molar-refractivity contribution in [2.45, 2.75) is 6.92 Å². The third-order valence-corrected chi connectivity index (χ3v) is 5.60. The van der Waals surface area contributed by atoms with Crippen LogP contribution in [0.1, 0.15) is 16.6 Å². The monoisotopic (exact) mass is 397 g/mol. The van der Waals surface area contributed by atoms with Gasteiger partial charge in [0.25, 0.3) is 5.91 Å². The van der Waals surface area contributed by atoms with Gasteiger partial charge < -0.3 is 9.64 Å². The van der Waals surface area contributed by atoms with E-state index in [2.05, 4.69) is 36.6 Å². The minimum Gasteiger partial charge on any atom is -0.469 e. The number of amides is 1. The van der Waals surface area contributed by atoms with Gasteiger partial charge in [-0.15, -0.1) is 11.3 Å². The van der Waals surface area contributed by atoms with Crippen molar-refractivity contribution < 1.29 is 14.3 Å². The normalized spacial score (nSPS) is 12.1. The minimum absolute atomic E-state index is 0.109. The van der Waals surface area contributed by atoms with E-state index in [-0.39, 0.29) is 17.8 Å². The summed E-state index contributed by atoms with van der Waals surface area (Å²) in [6, 6.07) is 1.76. The van der Waals surface area contributed by atoms with Crippen LogP contribution >= 0.6 is 43.2 Å². The van der Waals surface area contributed by atoms with Crippen molar-refractivity contribution in [1.82, 2.24) is 4.90 Å². The molecular weight excluding hydrogens is 386 g/mol. The highest BCUT2D eigenvalue weighted by atomic mass is 79.9. The molecule has 0 aromatic carbocycles. The molecule has 0 saturated heterocycles. The van der Waals surface area contributed by atoms with Gasteiger partial charge in [0, 0.05) is 18.1 Å². The first kappa shape index (κ1) is 15.7. The fraction of sp³-hybridized carbons (Fsp3) is 0.455. The van der Waals surface area contributed by atoms with Crippen LogP contribution in [0.15, 0.2) is 14.3 Å². The number of hydrogen-bond donors (Lipinski definition) is 0. The molecule has 100 valence electrons. The average Bonchev–Trinajstić information content (AvgIpc) is 2.67. The Morgan fingerprint density at radius 2 is 2.11 bits per heavy atom. The van der Waals surface area contributed by atoms with Gasteiger partial charge in [0.05, 0.1) is 21.7 Å². The molecule has 1 aromatic heterocycles. The summed E-state index contributed by atoms with van der Waals surface area (Å²) < 4.78 is 6.36.